The van der Waals surface area contributed by atoms with Crippen LogP contribution in [0.1, 0.15) is 70.8 Å². The molecule has 0 saturated carbocycles. The highest BCUT2D eigenvalue weighted by molar-refractivity contribution is 8.00. The van der Waals surface area contributed by atoms with Gasteiger partial charge in [0.05, 0.1) is 12.7 Å². The first-order chi connectivity index (χ1) is 19.5. The maximum atomic E-state index is 13.1. The van der Waals surface area contributed by atoms with Gasteiger partial charge < -0.3 is 20.1 Å². The van der Waals surface area contributed by atoms with E-state index in [1.165, 1.54) is 0 Å². The van der Waals surface area contributed by atoms with Gasteiger partial charge in [0.1, 0.15) is 17.1 Å². The number of carbonyl (C=O) groups is 2. The van der Waals surface area contributed by atoms with Crippen LogP contribution in [0.25, 0.3) is 6.08 Å². The molecular weight excluding hydrogens is 536 g/mol. The predicted octanol–water partition coefficient (Wildman–Crippen LogP) is 4.64. The number of nitrogens with zero attached hydrogens (tertiary/aromatic N) is 3. The Balaban J connectivity index is 1.18. The summed E-state index contributed by atoms with van der Waals surface area (Å²) in [5.74, 6) is 1.47. The largest absolute Gasteiger partial charge is 0.496 e. The van der Waals surface area contributed by atoms with Crippen LogP contribution in [0, 0.1) is 20.8 Å². The molecule has 218 valence electrons. The average Bonchev–Trinajstić information content (AvgIpc) is 3.26. The van der Waals surface area contributed by atoms with Crippen molar-refractivity contribution in [1.82, 2.24) is 14.5 Å². The van der Waals surface area contributed by atoms with Crippen LogP contribution >= 0.6 is 11.9 Å². The Kier molecular flexibility index (Phi) is 8.32. The molecule has 2 N–H and O–H groups in total. The second kappa shape index (κ2) is 11.6. The van der Waals surface area contributed by atoms with Crippen LogP contribution in [0.4, 0.5) is 0 Å². The van der Waals surface area contributed by atoms with E-state index in [0.29, 0.717) is 50.2 Å². The van der Waals surface area contributed by atoms with Crippen LogP contribution in [-0.4, -0.2) is 76.4 Å². The first-order valence-electron chi connectivity index (χ1n) is 14.3. The van der Waals surface area contributed by atoms with E-state index in [-0.39, 0.29) is 11.8 Å². The Hall–Kier alpha value is -3.14. The first-order valence-corrected chi connectivity index (χ1v) is 15.1. The summed E-state index contributed by atoms with van der Waals surface area (Å²) in [6.07, 6.45) is 4.65. The minimum Gasteiger partial charge on any atom is -0.496 e. The zero-order valence-electron chi connectivity index (χ0n) is 24.6. The lowest BCUT2D eigenvalue weighted by molar-refractivity contribution is -0.124. The number of hydrogen-bond donors (Lipinski definition) is 2. The molecule has 0 bridgehead atoms. The molecule has 2 fully saturated rings. The van der Waals surface area contributed by atoms with E-state index < -0.39 is 11.1 Å². The number of aryl methyl sites for hydroxylation is 3. The van der Waals surface area contributed by atoms with Gasteiger partial charge in [-0.1, -0.05) is 11.9 Å². The number of methoxy groups -OCH3 is 1. The normalized spacial score (nSPS) is 20.4. The van der Waals surface area contributed by atoms with Crippen LogP contribution in [0.3, 0.4) is 0 Å². The number of hydrogen-bond acceptors (Lipinski definition) is 7. The molecule has 8 nitrogen and oxygen atoms in total. The standard InChI is InChI=1S/C32H40N4O4S/c1-21-18-25(29(37)35-13-9-31(4,39)10-14-35)19-22(2)26(21)8-17-41-36-15-11-32(12-16-36)30(38)33-28(34-32)24-6-7-27(40-5)23(3)20-24/h6-8,17-20,39H,9-16H2,1-5H3,(H,33,34,38)/b17-8+. The number of amides is 2. The number of piperidine rings is 2. The molecule has 2 aromatic rings. The van der Waals surface area contributed by atoms with Crippen molar-refractivity contribution in [2.75, 3.05) is 33.3 Å². The fraction of sp³-hybridized carbons (Fsp3) is 0.469. The van der Waals surface area contributed by atoms with Gasteiger partial charge in [0.15, 0.2) is 0 Å². The number of aliphatic hydroxyl groups is 1. The van der Waals surface area contributed by atoms with Gasteiger partial charge in [0.25, 0.3) is 11.8 Å². The molecule has 2 saturated heterocycles. The molecule has 0 atom stereocenters. The molecule has 0 unspecified atom stereocenters. The van der Waals surface area contributed by atoms with Gasteiger partial charge in [-0.2, -0.15) is 0 Å². The number of aliphatic imine (C=N–C) groups is 1. The second-order valence-electron chi connectivity index (χ2n) is 11.8. The summed E-state index contributed by atoms with van der Waals surface area (Å²) in [5.41, 5.74) is 4.45. The topological polar surface area (TPSA) is 94.5 Å². The maximum absolute atomic E-state index is 13.1. The third-order valence-electron chi connectivity index (χ3n) is 8.61. The van der Waals surface area contributed by atoms with Crippen molar-refractivity contribution in [3.8, 4) is 5.75 Å². The minimum absolute atomic E-state index is 0.0167. The fourth-order valence-corrected chi connectivity index (χ4v) is 6.66. The molecule has 2 amide bonds. The number of likely N-dealkylation sites (tertiary alicyclic amines) is 1. The number of carbonyl (C=O) groups excluding carboxylic acids is 2. The Morgan fingerprint density at radius 2 is 1.68 bits per heavy atom. The molecule has 41 heavy (non-hydrogen) atoms. The van der Waals surface area contributed by atoms with Gasteiger partial charge in [-0.3, -0.25) is 14.6 Å². The lowest BCUT2D eigenvalue weighted by Crippen LogP contribution is -2.47. The number of amidine groups is 1. The Labute approximate surface area is 247 Å². The van der Waals surface area contributed by atoms with Gasteiger partial charge in [-0.15, -0.1) is 0 Å². The smallest absolute Gasteiger partial charge is 0.253 e. The summed E-state index contributed by atoms with van der Waals surface area (Å²) in [5, 5.41) is 15.3. The Morgan fingerprint density at radius 1 is 1.02 bits per heavy atom. The van der Waals surface area contributed by atoms with E-state index in [9.17, 15) is 14.7 Å². The van der Waals surface area contributed by atoms with E-state index in [2.05, 4.69) is 21.1 Å². The summed E-state index contributed by atoms with van der Waals surface area (Å²) in [7, 11) is 1.65. The van der Waals surface area contributed by atoms with Crippen LogP contribution in [0.15, 0.2) is 40.7 Å². The molecule has 9 heteroatoms. The van der Waals surface area contributed by atoms with Gasteiger partial charge in [-0.25, -0.2) is 4.31 Å². The molecule has 2 aromatic carbocycles. The lowest BCUT2D eigenvalue weighted by atomic mass is 9.89. The predicted molar refractivity (Wildman–Crippen MR) is 164 cm³/mol. The molecule has 0 aliphatic carbocycles. The van der Waals surface area contributed by atoms with Crippen LogP contribution in [0.5, 0.6) is 5.75 Å². The molecule has 5 rings (SSSR count). The highest BCUT2D eigenvalue weighted by atomic mass is 32.2. The van der Waals surface area contributed by atoms with Gasteiger partial charge in [0.2, 0.25) is 0 Å². The summed E-state index contributed by atoms with van der Waals surface area (Å²) in [6.45, 7) is 10.6. The van der Waals surface area contributed by atoms with Crippen molar-refractivity contribution in [2.45, 2.75) is 64.5 Å². The maximum Gasteiger partial charge on any atom is 0.253 e. The molecule has 3 heterocycles. The average molecular weight is 577 g/mol. The van der Waals surface area contributed by atoms with E-state index in [1.807, 2.05) is 62.9 Å². The SMILES string of the molecule is COc1ccc(C2=NC3(CCN(S/C=C/c4c(C)cc(C(=O)N5CCC(C)(O)CC5)cc4C)CC3)C(=O)N2)cc1C. The summed E-state index contributed by atoms with van der Waals surface area (Å²) >= 11 is 1.65. The molecule has 1 spiro atoms. The van der Waals surface area contributed by atoms with E-state index in [1.54, 1.807) is 19.1 Å². The fourth-order valence-electron chi connectivity index (χ4n) is 5.90. The van der Waals surface area contributed by atoms with Gasteiger partial charge in [0, 0.05) is 37.3 Å². The van der Waals surface area contributed by atoms with E-state index in [0.717, 1.165) is 46.7 Å². The van der Waals surface area contributed by atoms with Crippen molar-refractivity contribution in [1.29, 1.82) is 0 Å². The van der Waals surface area contributed by atoms with E-state index in [4.69, 9.17) is 9.73 Å². The van der Waals surface area contributed by atoms with Gasteiger partial charge in [-0.05, 0) is 117 Å². The second-order valence-corrected chi connectivity index (χ2v) is 12.8. The van der Waals surface area contributed by atoms with Crippen molar-refractivity contribution in [3.63, 3.8) is 0 Å². The first kappa shape index (κ1) is 29.4. The summed E-state index contributed by atoms with van der Waals surface area (Å²) < 4.78 is 7.63. The number of ether oxygens (including phenoxy) is 1. The number of nitrogens with one attached hydrogen (secondary N) is 1. The van der Waals surface area contributed by atoms with Crippen molar-refractivity contribution >= 4 is 35.7 Å². The Morgan fingerprint density at radius 3 is 2.29 bits per heavy atom. The quantitative estimate of drug-likeness (QED) is 0.487. The molecule has 0 radical (unpaired) electrons. The number of benzene rings is 2. The van der Waals surface area contributed by atoms with E-state index >= 15 is 0 Å². The van der Waals surface area contributed by atoms with Gasteiger partial charge >= 0.3 is 0 Å². The van der Waals surface area contributed by atoms with Crippen molar-refractivity contribution in [2.24, 2.45) is 4.99 Å². The monoisotopic (exact) mass is 576 g/mol. The van der Waals surface area contributed by atoms with Crippen molar-refractivity contribution < 1.29 is 19.4 Å². The molecule has 3 aliphatic heterocycles. The molecular formula is C32H40N4O4S. The minimum atomic E-state index is -0.705. The summed E-state index contributed by atoms with van der Waals surface area (Å²) in [6, 6.07) is 9.78. The zero-order valence-corrected chi connectivity index (χ0v) is 25.4. The van der Waals surface area contributed by atoms with Crippen LogP contribution < -0.4 is 10.1 Å². The molecule has 3 aliphatic rings. The Bertz CT molecular complexity index is 1380. The highest BCUT2D eigenvalue weighted by Crippen LogP contribution is 2.34. The number of rotatable bonds is 6. The summed E-state index contributed by atoms with van der Waals surface area (Å²) in [4.78, 5) is 32.8. The third-order valence-corrected chi connectivity index (χ3v) is 9.53. The lowest BCUT2D eigenvalue weighted by Gasteiger charge is -2.36. The zero-order chi connectivity index (χ0) is 29.4. The third kappa shape index (κ3) is 6.22. The molecule has 0 aromatic heterocycles. The van der Waals surface area contributed by atoms with Crippen LogP contribution in [-0.2, 0) is 4.79 Å². The van der Waals surface area contributed by atoms with Crippen molar-refractivity contribution in [3.05, 3.63) is 69.1 Å². The highest BCUT2D eigenvalue weighted by Gasteiger charge is 2.46. The van der Waals surface area contributed by atoms with Crippen LogP contribution in [0.2, 0.25) is 0 Å².